The van der Waals surface area contributed by atoms with Crippen LogP contribution in [0.1, 0.15) is 67.8 Å². The number of para-hydroxylation sites is 2. The molecule has 0 fully saturated rings. The van der Waals surface area contributed by atoms with E-state index in [9.17, 15) is 4.79 Å². The predicted octanol–water partition coefficient (Wildman–Crippen LogP) is 7.18. The summed E-state index contributed by atoms with van der Waals surface area (Å²) in [7, 11) is 0. The first kappa shape index (κ1) is 21.2. The number of carbonyl (C=O) groups excluding carboxylic acids is 1. The molecule has 0 N–H and O–H groups in total. The summed E-state index contributed by atoms with van der Waals surface area (Å²) >= 11 is 0. The van der Waals surface area contributed by atoms with Gasteiger partial charge < -0.3 is 9.80 Å². The molecule has 0 saturated heterocycles. The molecule has 0 bridgehead atoms. The van der Waals surface area contributed by atoms with E-state index in [1.54, 1.807) is 0 Å². The summed E-state index contributed by atoms with van der Waals surface area (Å²) in [5.74, 6) is 1.16. The molecule has 3 heteroatoms. The third-order valence-corrected chi connectivity index (χ3v) is 8.09. The van der Waals surface area contributed by atoms with Crippen molar-refractivity contribution in [3.63, 3.8) is 0 Å². The maximum absolute atomic E-state index is 13.3. The average Bonchev–Trinajstić information content (AvgIpc) is 3.37. The van der Waals surface area contributed by atoms with E-state index in [0.29, 0.717) is 30.3 Å². The zero-order valence-electron chi connectivity index (χ0n) is 20.0. The largest absolute Gasteiger partial charge is 0.361 e. The maximum atomic E-state index is 13.3. The van der Waals surface area contributed by atoms with Crippen LogP contribution < -0.4 is 9.80 Å². The fraction of sp³-hybridized carbons (Fsp3) is 0.323. The van der Waals surface area contributed by atoms with Crippen molar-refractivity contribution in [3.8, 4) is 0 Å². The van der Waals surface area contributed by atoms with Crippen LogP contribution in [0, 0.1) is 5.92 Å². The van der Waals surface area contributed by atoms with E-state index >= 15 is 0 Å². The van der Waals surface area contributed by atoms with Gasteiger partial charge in [-0.05, 0) is 54.5 Å². The van der Waals surface area contributed by atoms with E-state index in [2.05, 4.69) is 89.5 Å². The van der Waals surface area contributed by atoms with Gasteiger partial charge in [0, 0.05) is 29.8 Å². The van der Waals surface area contributed by atoms with Gasteiger partial charge in [0.2, 0.25) is 5.91 Å². The van der Waals surface area contributed by atoms with Gasteiger partial charge >= 0.3 is 0 Å². The van der Waals surface area contributed by atoms with Gasteiger partial charge in [0.25, 0.3) is 0 Å². The number of amides is 1. The molecule has 3 nitrogen and oxygen atoms in total. The highest BCUT2D eigenvalue weighted by Crippen LogP contribution is 2.58. The van der Waals surface area contributed by atoms with Crippen molar-refractivity contribution in [2.75, 3.05) is 9.80 Å². The monoisotopic (exact) mass is 448 g/mol. The zero-order valence-corrected chi connectivity index (χ0v) is 20.0. The van der Waals surface area contributed by atoms with E-state index in [1.165, 1.54) is 22.4 Å². The minimum Gasteiger partial charge on any atom is -0.361 e. The molecule has 0 saturated carbocycles. The van der Waals surface area contributed by atoms with Crippen molar-refractivity contribution in [1.82, 2.24) is 0 Å². The second-order valence-electron chi connectivity index (χ2n) is 9.95. The second kappa shape index (κ2) is 8.47. The van der Waals surface area contributed by atoms with Gasteiger partial charge in [0.05, 0.1) is 12.1 Å². The standard InChI is InChI=1S/C31H32N2O/c1-3-29(34)33(23-14-8-5-9-15-23)28-20-21(2)32-30(22-12-6-4-7-13-22)25-17-10-16-24(25)26-18-11-19-27(28)31(26)32/h4-16,18-19,21,24-25,28,30H,3,17,20H2,1-2H3/t21-,24?,25?,28+,30?/m1/s1. The summed E-state index contributed by atoms with van der Waals surface area (Å²) in [4.78, 5) is 18.1. The summed E-state index contributed by atoms with van der Waals surface area (Å²) in [6.07, 6.45) is 7.34. The Balaban J connectivity index is 1.54. The van der Waals surface area contributed by atoms with E-state index < -0.39 is 0 Å². The van der Waals surface area contributed by atoms with Gasteiger partial charge in [-0.15, -0.1) is 0 Å². The van der Waals surface area contributed by atoms with Crippen molar-refractivity contribution < 1.29 is 4.79 Å². The lowest BCUT2D eigenvalue weighted by atomic mass is 9.71. The lowest BCUT2D eigenvalue weighted by Gasteiger charge is -2.54. The fourth-order valence-electron chi connectivity index (χ4n) is 6.71. The highest BCUT2D eigenvalue weighted by atomic mass is 16.2. The molecular formula is C31H32N2O. The molecule has 3 aromatic carbocycles. The van der Waals surface area contributed by atoms with Crippen molar-refractivity contribution in [2.24, 2.45) is 5.92 Å². The summed E-state index contributed by atoms with van der Waals surface area (Å²) in [5.41, 5.74) is 6.47. The van der Waals surface area contributed by atoms with Crippen LogP contribution in [0.2, 0.25) is 0 Å². The van der Waals surface area contributed by atoms with Crippen LogP contribution in [0.3, 0.4) is 0 Å². The maximum Gasteiger partial charge on any atom is 0.227 e. The first-order valence-corrected chi connectivity index (χ1v) is 12.7. The minimum atomic E-state index is 0.0365. The SMILES string of the molecule is CCC(=O)N(c1ccccc1)[C@H]1C[C@@H](C)N2c3c(cccc31)C1C=CCC1C2c1ccccc1. The minimum absolute atomic E-state index is 0.0365. The smallest absolute Gasteiger partial charge is 0.227 e. The number of hydrogen-bond donors (Lipinski definition) is 0. The Hall–Kier alpha value is -3.33. The van der Waals surface area contributed by atoms with Gasteiger partial charge in [0.15, 0.2) is 0 Å². The molecule has 3 aliphatic rings. The Morgan fingerprint density at radius 3 is 2.38 bits per heavy atom. The van der Waals surface area contributed by atoms with E-state index in [1.807, 2.05) is 25.1 Å². The molecule has 1 amide bonds. The van der Waals surface area contributed by atoms with Crippen molar-refractivity contribution in [2.45, 2.75) is 57.2 Å². The van der Waals surface area contributed by atoms with Gasteiger partial charge in [-0.3, -0.25) is 4.79 Å². The molecule has 6 rings (SSSR count). The van der Waals surface area contributed by atoms with Crippen molar-refractivity contribution in [3.05, 3.63) is 108 Å². The Bertz CT molecular complexity index is 1220. The molecule has 3 unspecified atom stereocenters. The number of hydrogen-bond acceptors (Lipinski definition) is 2. The summed E-state index contributed by atoms with van der Waals surface area (Å²) in [6, 6.07) is 28.8. The first-order chi connectivity index (χ1) is 16.7. The summed E-state index contributed by atoms with van der Waals surface area (Å²) in [6.45, 7) is 4.32. The topological polar surface area (TPSA) is 23.6 Å². The molecule has 3 aromatic rings. The molecular weight excluding hydrogens is 416 g/mol. The third kappa shape index (κ3) is 3.21. The van der Waals surface area contributed by atoms with Gasteiger partial charge in [-0.1, -0.05) is 85.8 Å². The Morgan fingerprint density at radius 2 is 1.65 bits per heavy atom. The molecule has 0 aromatic heterocycles. The van der Waals surface area contributed by atoms with Crippen LogP contribution in [-0.4, -0.2) is 11.9 Å². The summed E-state index contributed by atoms with van der Waals surface area (Å²) in [5, 5.41) is 0. The number of rotatable bonds is 4. The molecule has 0 radical (unpaired) electrons. The van der Waals surface area contributed by atoms with Gasteiger partial charge in [-0.2, -0.15) is 0 Å². The van der Waals surface area contributed by atoms with Crippen LogP contribution in [0.25, 0.3) is 0 Å². The van der Waals surface area contributed by atoms with Gasteiger partial charge in [-0.25, -0.2) is 0 Å². The Morgan fingerprint density at radius 1 is 0.941 bits per heavy atom. The van der Waals surface area contributed by atoms with Crippen LogP contribution in [0.15, 0.2) is 91.0 Å². The van der Waals surface area contributed by atoms with Crippen molar-refractivity contribution >= 4 is 17.3 Å². The third-order valence-electron chi connectivity index (χ3n) is 8.09. The highest BCUT2D eigenvalue weighted by molar-refractivity contribution is 5.94. The number of fused-ring (bicyclic) bond motifs is 2. The van der Waals surface area contributed by atoms with Crippen LogP contribution in [-0.2, 0) is 4.79 Å². The number of nitrogens with zero attached hydrogens (tertiary/aromatic N) is 2. The quantitative estimate of drug-likeness (QED) is 0.395. The van der Waals surface area contributed by atoms with E-state index in [0.717, 1.165) is 18.5 Å². The van der Waals surface area contributed by atoms with Crippen molar-refractivity contribution in [1.29, 1.82) is 0 Å². The van der Waals surface area contributed by atoms with Crippen LogP contribution in [0.5, 0.6) is 0 Å². The second-order valence-corrected chi connectivity index (χ2v) is 9.95. The highest BCUT2D eigenvalue weighted by Gasteiger charge is 2.48. The predicted molar refractivity (Wildman–Crippen MR) is 139 cm³/mol. The molecule has 172 valence electrons. The van der Waals surface area contributed by atoms with E-state index in [-0.39, 0.29) is 11.9 Å². The number of benzene rings is 3. The fourth-order valence-corrected chi connectivity index (χ4v) is 6.71. The number of allylic oxidation sites excluding steroid dienone is 2. The molecule has 5 atom stereocenters. The van der Waals surface area contributed by atoms with E-state index in [4.69, 9.17) is 0 Å². The van der Waals surface area contributed by atoms with Crippen LogP contribution >= 0.6 is 0 Å². The molecule has 2 heterocycles. The lowest BCUT2D eigenvalue weighted by molar-refractivity contribution is -0.118. The number of anilines is 2. The van der Waals surface area contributed by atoms with Crippen LogP contribution in [0.4, 0.5) is 11.4 Å². The molecule has 1 aliphatic carbocycles. The molecule has 0 spiro atoms. The Labute approximate surface area is 202 Å². The van der Waals surface area contributed by atoms with Gasteiger partial charge in [0.1, 0.15) is 0 Å². The Kier molecular flexibility index (Phi) is 5.28. The number of carbonyl (C=O) groups is 1. The lowest BCUT2D eigenvalue weighted by Crippen LogP contribution is -2.51. The molecule has 34 heavy (non-hydrogen) atoms. The summed E-state index contributed by atoms with van der Waals surface area (Å²) < 4.78 is 0. The zero-order chi connectivity index (χ0) is 23.2. The average molecular weight is 449 g/mol. The first-order valence-electron chi connectivity index (χ1n) is 12.7. The normalized spacial score (nSPS) is 26.6. The molecule has 2 aliphatic heterocycles.